The van der Waals surface area contributed by atoms with Crippen LogP contribution in [0.1, 0.15) is 16.7 Å². The van der Waals surface area contributed by atoms with Gasteiger partial charge < -0.3 is 0 Å². The average molecular weight is 192 g/mol. The zero-order chi connectivity index (χ0) is 10.2. The molecule has 0 saturated heterocycles. The summed E-state index contributed by atoms with van der Waals surface area (Å²) in [6.45, 7) is 2.75. The van der Waals surface area contributed by atoms with Gasteiger partial charge in [-0.05, 0) is 31.0 Å². The van der Waals surface area contributed by atoms with Gasteiger partial charge in [0, 0.05) is 0 Å². The van der Waals surface area contributed by atoms with Crippen molar-refractivity contribution in [2.45, 2.75) is 20.0 Å². The van der Waals surface area contributed by atoms with E-state index in [0.29, 0.717) is 6.07 Å². The molecular formula is C9H8F4. The lowest BCUT2D eigenvalue weighted by molar-refractivity contribution is -0.138. The number of aryl methyl sites for hydroxylation is 2. The molecule has 1 aromatic rings. The maximum absolute atomic E-state index is 12.8. The highest BCUT2D eigenvalue weighted by atomic mass is 19.4. The van der Waals surface area contributed by atoms with Gasteiger partial charge in [-0.2, -0.15) is 13.2 Å². The minimum absolute atomic E-state index is 0.0476. The van der Waals surface area contributed by atoms with Crippen molar-refractivity contribution >= 4 is 0 Å². The Bertz CT molecular complexity index is 325. The van der Waals surface area contributed by atoms with E-state index in [9.17, 15) is 17.6 Å². The van der Waals surface area contributed by atoms with Gasteiger partial charge in [-0.25, -0.2) is 4.39 Å². The lowest BCUT2D eigenvalue weighted by Crippen LogP contribution is -2.08. The van der Waals surface area contributed by atoms with Crippen LogP contribution in [0.15, 0.2) is 12.1 Å². The Morgan fingerprint density at radius 1 is 1.00 bits per heavy atom. The van der Waals surface area contributed by atoms with Crippen molar-refractivity contribution in [1.82, 2.24) is 0 Å². The summed E-state index contributed by atoms with van der Waals surface area (Å²) in [4.78, 5) is 0. The van der Waals surface area contributed by atoms with E-state index in [1.54, 1.807) is 0 Å². The normalized spacial score (nSPS) is 11.8. The van der Waals surface area contributed by atoms with E-state index in [1.807, 2.05) is 0 Å². The number of hydrogen-bond acceptors (Lipinski definition) is 0. The van der Waals surface area contributed by atoms with Gasteiger partial charge >= 0.3 is 6.18 Å². The molecule has 0 amide bonds. The summed E-state index contributed by atoms with van der Waals surface area (Å²) in [6, 6.07) is 1.73. The first-order valence-electron chi connectivity index (χ1n) is 3.66. The lowest BCUT2D eigenvalue weighted by atomic mass is 10.1. The smallest absolute Gasteiger partial charge is 0.207 e. The predicted octanol–water partition coefficient (Wildman–Crippen LogP) is 3.46. The van der Waals surface area contributed by atoms with Gasteiger partial charge in [0.2, 0.25) is 0 Å². The highest BCUT2D eigenvalue weighted by molar-refractivity contribution is 5.33. The Morgan fingerprint density at radius 2 is 1.54 bits per heavy atom. The van der Waals surface area contributed by atoms with Crippen LogP contribution in [0.2, 0.25) is 0 Å². The first kappa shape index (κ1) is 10.0. The second kappa shape index (κ2) is 3.01. The van der Waals surface area contributed by atoms with E-state index in [2.05, 4.69) is 0 Å². The molecular weight excluding hydrogens is 184 g/mol. The van der Waals surface area contributed by atoms with Gasteiger partial charge in [0.1, 0.15) is 5.82 Å². The first-order valence-corrected chi connectivity index (χ1v) is 3.66. The maximum Gasteiger partial charge on any atom is 0.416 e. The SMILES string of the molecule is Cc1cc(C)c(C(F)(F)F)cc1F. The number of hydrogen-bond donors (Lipinski definition) is 0. The quantitative estimate of drug-likeness (QED) is 0.552. The summed E-state index contributed by atoms with van der Waals surface area (Å²) >= 11 is 0. The molecule has 0 bridgehead atoms. The molecule has 0 saturated carbocycles. The number of alkyl halides is 3. The van der Waals surface area contributed by atoms with Gasteiger partial charge in [0.25, 0.3) is 0 Å². The summed E-state index contributed by atoms with van der Waals surface area (Å²) in [5.41, 5.74) is -0.632. The van der Waals surface area contributed by atoms with Crippen molar-refractivity contribution in [3.05, 3.63) is 34.6 Å². The van der Waals surface area contributed by atoms with Gasteiger partial charge in [0.05, 0.1) is 5.56 Å². The van der Waals surface area contributed by atoms with Crippen molar-refractivity contribution in [3.8, 4) is 0 Å². The molecule has 0 aliphatic carbocycles. The average Bonchev–Trinajstić information content (AvgIpc) is 1.94. The van der Waals surface area contributed by atoms with Crippen molar-refractivity contribution < 1.29 is 17.6 Å². The molecule has 1 aromatic carbocycles. The molecule has 0 N–H and O–H groups in total. The summed E-state index contributed by atoms with van der Waals surface area (Å²) in [6.07, 6.45) is -4.47. The standard InChI is InChI=1S/C9H8F4/c1-5-3-6(2)8(10)4-7(5)9(11,12)13/h3-4H,1-2H3. The summed E-state index contributed by atoms with van der Waals surface area (Å²) in [7, 11) is 0. The Hall–Kier alpha value is -1.06. The van der Waals surface area contributed by atoms with Crippen molar-refractivity contribution in [3.63, 3.8) is 0 Å². The fourth-order valence-electron chi connectivity index (χ4n) is 1.13. The monoisotopic (exact) mass is 192 g/mol. The van der Waals surface area contributed by atoms with Crippen LogP contribution in [0.25, 0.3) is 0 Å². The second-order valence-corrected chi connectivity index (χ2v) is 2.91. The third kappa shape index (κ3) is 1.99. The molecule has 0 fully saturated rings. The van der Waals surface area contributed by atoms with Crippen LogP contribution in [0.3, 0.4) is 0 Å². The van der Waals surface area contributed by atoms with Gasteiger partial charge in [-0.3, -0.25) is 0 Å². The van der Waals surface area contributed by atoms with Crippen LogP contribution in [0.5, 0.6) is 0 Å². The summed E-state index contributed by atoms with van der Waals surface area (Å²) < 4.78 is 49.4. The number of benzene rings is 1. The zero-order valence-electron chi connectivity index (χ0n) is 7.17. The van der Waals surface area contributed by atoms with E-state index < -0.39 is 17.6 Å². The van der Waals surface area contributed by atoms with E-state index in [-0.39, 0.29) is 11.1 Å². The van der Waals surface area contributed by atoms with E-state index in [0.717, 1.165) is 0 Å². The van der Waals surface area contributed by atoms with E-state index >= 15 is 0 Å². The minimum Gasteiger partial charge on any atom is -0.207 e. The van der Waals surface area contributed by atoms with Crippen LogP contribution in [-0.4, -0.2) is 0 Å². The first-order chi connectivity index (χ1) is 5.82. The van der Waals surface area contributed by atoms with Crippen molar-refractivity contribution in [2.75, 3.05) is 0 Å². The summed E-state index contributed by atoms with van der Waals surface area (Å²) in [5.74, 6) is -0.821. The Kier molecular flexibility index (Phi) is 2.32. The molecule has 1 rings (SSSR count). The second-order valence-electron chi connectivity index (χ2n) is 2.91. The highest BCUT2D eigenvalue weighted by Crippen LogP contribution is 2.32. The van der Waals surface area contributed by atoms with Gasteiger partial charge in [0.15, 0.2) is 0 Å². The molecule has 0 radical (unpaired) electrons. The van der Waals surface area contributed by atoms with Gasteiger partial charge in [-0.1, -0.05) is 6.07 Å². The zero-order valence-corrected chi connectivity index (χ0v) is 7.17. The van der Waals surface area contributed by atoms with Gasteiger partial charge in [-0.15, -0.1) is 0 Å². The minimum atomic E-state index is -4.47. The molecule has 0 aliphatic heterocycles. The molecule has 0 nitrogen and oxygen atoms in total. The predicted molar refractivity (Wildman–Crippen MR) is 40.9 cm³/mol. The van der Waals surface area contributed by atoms with Crippen LogP contribution in [-0.2, 0) is 6.18 Å². The molecule has 0 spiro atoms. The van der Waals surface area contributed by atoms with Crippen LogP contribution in [0, 0.1) is 19.7 Å². The van der Waals surface area contributed by atoms with E-state index in [1.165, 1.54) is 19.9 Å². The molecule has 0 heterocycles. The fourth-order valence-corrected chi connectivity index (χ4v) is 1.13. The molecule has 13 heavy (non-hydrogen) atoms. The molecule has 4 heteroatoms. The molecule has 0 unspecified atom stereocenters. The van der Waals surface area contributed by atoms with Crippen LogP contribution in [0.4, 0.5) is 17.6 Å². The third-order valence-electron chi connectivity index (χ3n) is 1.81. The third-order valence-corrected chi connectivity index (χ3v) is 1.81. The number of halogens is 4. The fraction of sp³-hybridized carbons (Fsp3) is 0.333. The van der Waals surface area contributed by atoms with E-state index in [4.69, 9.17) is 0 Å². The lowest BCUT2D eigenvalue weighted by Gasteiger charge is -2.10. The highest BCUT2D eigenvalue weighted by Gasteiger charge is 2.32. The van der Waals surface area contributed by atoms with Crippen LogP contribution >= 0.6 is 0 Å². The Morgan fingerprint density at radius 3 is 2.00 bits per heavy atom. The molecule has 72 valence electrons. The maximum atomic E-state index is 12.8. The molecule has 0 aliphatic rings. The Labute approximate surface area is 73.2 Å². The van der Waals surface area contributed by atoms with Crippen LogP contribution < -0.4 is 0 Å². The summed E-state index contributed by atoms with van der Waals surface area (Å²) in [5, 5.41) is 0. The van der Waals surface area contributed by atoms with Crippen molar-refractivity contribution in [1.29, 1.82) is 0 Å². The number of rotatable bonds is 0. The van der Waals surface area contributed by atoms with Crippen molar-refractivity contribution in [2.24, 2.45) is 0 Å². The largest absolute Gasteiger partial charge is 0.416 e. The molecule has 0 aromatic heterocycles. The molecule has 0 atom stereocenters. The topological polar surface area (TPSA) is 0 Å². The Balaban J connectivity index is 3.32.